The summed E-state index contributed by atoms with van der Waals surface area (Å²) >= 11 is 0. The molecule has 1 saturated carbocycles. The van der Waals surface area contributed by atoms with Crippen LogP contribution < -0.4 is 5.11 Å². The fourth-order valence-corrected chi connectivity index (χ4v) is 7.07. The van der Waals surface area contributed by atoms with Crippen LogP contribution >= 0.6 is 0 Å². The van der Waals surface area contributed by atoms with Gasteiger partial charge in [0.05, 0.1) is 25.9 Å². The van der Waals surface area contributed by atoms with Crippen LogP contribution in [0, 0.1) is 17.7 Å². The first-order valence-electron chi connectivity index (χ1n) is 14.0. The average molecular weight is 505 g/mol. The number of fused-ring (bicyclic) bond motifs is 3. The normalized spacial score (nSPS) is 27.7. The molecule has 4 heterocycles. The van der Waals surface area contributed by atoms with Gasteiger partial charge in [-0.1, -0.05) is 74.6 Å². The summed E-state index contributed by atoms with van der Waals surface area (Å²) in [5.41, 5.74) is 0.177. The Morgan fingerprint density at radius 1 is 1.00 bits per heavy atom. The van der Waals surface area contributed by atoms with Gasteiger partial charge in [-0.2, -0.15) is 0 Å². The molecule has 0 N–H and O–H groups in total. The zero-order valence-electron chi connectivity index (χ0n) is 21.5. The maximum atomic E-state index is 14.6. The van der Waals surface area contributed by atoms with Gasteiger partial charge in [0.2, 0.25) is 0 Å². The Kier molecular flexibility index (Phi) is 6.91. The summed E-state index contributed by atoms with van der Waals surface area (Å²) in [4.78, 5) is 4.63. The lowest BCUT2D eigenvalue weighted by Gasteiger charge is -2.52. The first-order valence-corrected chi connectivity index (χ1v) is 14.0. The predicted octanol–water partition coefficient (Wildman–Crippen LogP) is 5.32. The van der Waals surface area contributed by atoms with Crippen LogP contribution in [0.5, 0.6) is 0 Å². The second-order valence-corrected chi connectivity index (χ2v) is 11.5. The quantitative estimate of drug-likeness (QED) is 0.390. The van der Waals surface area contributed by atoms with Gasteiger partial charge in [0.25, 0.3) is 0 Å². The SMILES string of the molecule is [O-][C@](c1ccccc1)(c1ncc(C[N+]23CCC(CC2)[C@@H](OCc2cccc(F)c2)C3)o1)C1CCCCC1. The summed E-state index contributed by atoms with van der Waals surface area (Å²) in [5.74, 6) is 1.44. The number of ether oxygens (including phenoxy) is 1. The van der Waals surface area contributed by atoms with Crippen molar-refractivity contribution in [1.82, 2.24) is 4.98 Å². The summed E-state index contributed by atoms with van der Waals surface area (Å²) in [7, 11) is 0. The highest BCUT2D eigenvalue weighted by atomic mass is 19.1. The van der Waals surface area contributed by atoms with Crippen LogP contribution in [0.1, 0.15) is 67.7 Å². The summed E-state index contributed by atoms with van der Waals surface area (Å²) in [6.45, 7) is 4.26. The van der Waals surface area contributed by atoms with Crippen LogP contribution in [0.2, 0.25) is 0 Å². The van der Waals surface area contributed by atoms with Gasteiger partial charge in [-0.15, -0.1) is 0 Å². The molecular weight excluding hydrogens is 467 g/mol. The molecule has 3 saturated heterocycles. The van der Waals surface area contributed by atoms with Crippen LogP contribution in [0.3, 0.4) is 0 Å². The van der Waals surface area contributed by atoms with Crippen LogP contribution in [0.25, 0.3) is 0 Å². The van der Waals surface area contributed by atoms with Crippen molar-refractivity contribution in [2.45, 2.75) is 69.8 Å². The Labute approximate surface area is 218 Å². The average Bonchev–Trinajstić information content (AvgIpc) is 3.41. The van der Waals surface area contributed by atoms with Crippen molar-refractivity contribution in [3.8, 4) is 0 Å². The van der Waals surface area contributed by atoms with Gasteiger partial charge in [0.15, 0.2) is 11.7 Å². The van der Waals surface area contributed by atoms with Crippen molar-refractivity contribution in [3.63, 3.8) is 0 Å². The molecule has 6 heteroatoms. The molecule has 2 atom stereocenters. The first kappa shape index (κ1) is 24.8. The number of benzene rings is 2. The van der Waals surface area contributed by atoms with Gasteiger partial charge >= 0.3 is 0 Å². The minimum Gasteiger partial charge on any atom is -0.839 e. The number of hydrogen-bond donors (Lipinski definition) is 0. The van der Waals surface area contributed by atoms with E-state index in [0.29, 0.717) is 18.4 Å². The minimum atomic E-state index is -1.45. The van der Waals surface area contributed by atoms with E-state index in [1.54, 1.807) is 18.3 Å². The second kappa shape index (κ2) is 10.3. The number of quaternary nitrogens is 1. The molecule has 2 aromatic carbocycles. The Hall–Kier alpha value is -2.54. The van der Waals surface area contributed by atoms with Crippen LogP contribution in [-0.2, 0) is 23.5 Å². The number of piperidine rings is 3. The lowest BCUT2D eigenvalue weighted by Crippen LogP contribution is -2.63. The molecule has 1 aromatic heterocycles. The second-order valence-electron chi connectivity index (χ2n) is 11.5. The molecule has 5 nitrogen and oxygen atoms in total. The summed E-state index contributed by atoms with van der Waals surface area (Å²) in [6.07, 6.45) is 9.40. The standard InChI is InChI=1S/C31H37FN2O3/c32-27-13-7-8-23(18-27)22-36-29-21-34(16-14-24(29)15-17-34)20-28-19-33-30(37-28)31(35,25-9-3-1-4-10-25)26-11-5-2-6-12-26/h1,3-4,7-10,13,18-19,24,26,29H,2,5-6,11-12,14-17,20-22H2/t24?,29-,31-,34?/m0/s1. The van der Waals surface area contributed by atoms with Gasteiger partial charge in [-0.3, -0.25) is 0 Å². The number of hydrogen-bond acceptors (Lipinski definition) is 4. The van der Waals surface area contributed by atoms with Crippen molar-refractivity contribution < 1.29 is 23.1 Å². The van der Waals surface area contributed by atoms with Crippen molar-refractivity contribution in [1.29, 1.82) is 0 Å². The Morgan fingerprint density at radius 3 is 2.54 bits per heavy atom. The van der Waals surface area contributed by atoms with E-state index >= 15 is 0 Å². The highest BCUT2D eigenvalue weighted by Gasteiger charge is 2.47. The number of oxazole rings is 1. The molecule has 37 heavy (non-hydrogen) atoms. The van der Waals surface area contributed by atoms with Gasteiger partial charge < -0.3 is 18.7 Å². The zero-order valence-corrected chi connectivity index (χ0v) is 21.5. The van der Waals surface area contributed by atoms with Gasteiger partial charge in [0.1, 0.15) is 25.0 Å². The smallest absolute Gasteiger partial charge is 0.188 e. The molecule has 2 bridgehead atoms. The Morgan fingerprint density at radius 2 is 1.78 bits per heavy atom. The number of rotatable bonds is 8. The van der Waals surface area contributed by atoms with Crippen molar-refractivity contribution in [2.75, 3.05) is 19.6 Å². The summed E-state index contributed by atoms with van der Waals surface area (Å²) in [6, 6.07) is 16.4. The van der Waals surface area contributed by atoms with Crippen molar-refractivity contribution >= 4 is 0 Å². The van der Waals surface area contributed by atoms with E-state index in [2.05, 4.69) is 4.98 Å². The molecule has 3 aliphatic heterocycles. The number of aromatic nitrogens is 1. The molecule has 0 unspecified atom stereocenters. The van der Waals surface area contributed by atoms with E-state index in [9.17, 15) is 9.50 Å². The molecule has 196 valence electrons. The zero-order chi connectivity index (χ0) is 25.3. The largest absolute Gasteiger partial charge is 0.839 e. The van der Waals surface area contributed by atoms with Gasteiger partial charge in [0, 0.05) is 18.8 Å². The lowest BCUT2D eigenvalue weighted by molar-refractivity contribution is -0.959. The third kappa shape index (κ3) is 4.99. The molecule has 4 aliphatic rings. The fraction of sp³-hybridized carbons (Fsp3) is 0.516. The third-order valence-electron chi connectivity index (χ3n) is 9.14. The van der Waals surface area contributed by atoms with Crippen LogP contribution in [0.15, 0.2) is 65.2 Å². The van der Waals surface area contributed by atoms with Crippen molar-refractivity contribution in [3.05, 3.63) is 89.4 Å². The van der Waals surface area contributed by atoms with Gasteiger partial charge in [-0.05, 0) is 34.8 Å². The number of halogens is 1. The van der Waals surface area contributed by atoms with E-state index in [0.717, 1.165) is 86.1 Å². The molecule has 0 spiro atoms. The van der Waals surface area contributed by atoms with Crippen LogP contribution in [-0.4, -0.2) is 35.2 Å². The third-order valence-corrected chi connectivity index (χ3v) is 9.14. The highest BCUT2D eigenvalue weighted by molar-refractivity contribution is 5.29. The minimum absolute atomic E-state index is 0.00599. The summed E-state index contributed by atoms with van der Waals surface area (Å²) in [5, 5.41) is 14.6. The molecule has 0 radical (unpaired) electrons. The Bertz CT molecular complexity index is 1180. The molecule has 3 aromatic rings. The molecular formula is C31H37FN2O3. The monoisotopic (exact) mass is 504 g/mol. The molecule has 7 rings (SSSR count). The van der Waals surface area contributed by atoms with Crippen molar-refractivity contribution in [2.24, 2.45) is 11.8 Å². The Balaban J connectivity index is 1.19. The van der Waals surface area contributed by atoms with Crippen LogP contribution in [0.4, 0.5) is 4.39 Å². The first-order chi connectivity index (χ1) is 18.0. The van der Waals surface area contributed by atoms with E-state index in [4.69, 9.17) is 9.15 Å². The van der Waals surface area contributed by atoms with E-state index < -0.39 is 5.60 Å². The topological polar surface area (TPSA) is 58.3 Å². The predicted molar refractivity (Wildman–Crippen MR) is 137 cm³/mol. The van der Waals surface area contributed by atoms with E-state index in [1.165, 1.54) is 12.5 Å². The maximum Gasteiger partial charge on any atom is 0.188 e. The maximum absolute atomic E-state index is 14.6. The summed E-state index contributed by atoms with van der Waals surface area (Å²) < 4.78 is 27.2. The lowest BCUT2D eigenvalue weighted by atomic mass is 9.73. The molecule has 0 amide bonds. The molecule has 4 fully saturated rings. The highest BCUT2D eigenvalue weighted by Crippen LogP contribution is 2.42. The van der Waals surface area contributed by atoms with E-state index in [-0.39, 0.29) is 17.8 Å². The fourth-order valence-electron chi connectivity index (χ4n) is 7.07. The van der Waals surface area contributed by atoms with Gasteiger partial charge in [-0.25, -0.2) is 9.37 Å². The molecule has 1 aliphatic carbocycles. The number of nitrogens with zero attached hydrogens (tertiary/aromatic N) is 2. The van der Waals surface area contributed by atoms with E-state index in [1.807, 2.05) is 36.4 Å².